The molecule has 2 aromatic rings. The maximum absolute atomic E-state index is 12.1. The third-order valence-corrected chi connectivity index (χ3v) is 3.45. The predicted molar refractivity (Wildman–Crippen MR) is 81.2 cm³/mol. The summed E-state index contributed by atoms with van der Waals surface area (Å²) in [6.07, 6.45) is 0.718. The molecule has 3 N–H and O–H groups in total. The molecule has 21 heavy (non-hydrogen) atoms. The highest BCUT2D eigenvalue weighted by molar-refractivity contribution is 5.96. The topological polar surface area (TPSA) is 69.6 Å². The van der Waals surface area contributed by atoms with Gasteiger partial charge in [-0.2, -0.15) is 0 Å². The zero-order valence-electron chi connectivity index (χ0n) is 12.0. The summed E-state index contributed by atoms with van der Waals surface area (Å²) in [7, 11) is 0. The highest BCUT2D eigenvalue weighted by atomic mass is 16.3. The van der Waals surface area contributed by atoms with Gasteiger partial charge >= 0.3 is 0 Å². The van der Waals surface area contributed by atoms with E-state index in [1.54, 1.807) is 25.1 Å². The van der Waals surface area contributed by atoms with E-state index in [0.29, 0.717) is 17.7 Å². The fraction of sp³-hybridized carbons (Fsp3) is 0.235. The van der Waals surface area contributed by atoms with Crippen LogP contribution in [0.4, 0.5) is 0 Å². The lowest BCUT2D eigenvalue weighted by Crippen LogP contribution is -2.26. The van der Waals surface area contributed by atoms with Gasteiger partial charge in [0.05, 0.1) is 6.61 Å². The van der Waals surface area contributed by atoms with Gasteiger partial charge < -0.3 is 15.5 Å². The van der Waals surface area contributed by atoms with E-state index in [9.17, 15) is 9.90 Å². The minimum absolute atomic E-state index is 0.0355. The monoisotopic (exact) mass is 285 g/mol. The van der Waals surface area contributed by atoms with Gasteiger partial charge in [0, 0.05) is 17.7 Å². The molecule has 0 fully saturated rings. The van der Waals surface area contributed by atoms with Crippen molar-refractivity contribution in [2.45, 2.75) is 20.0 Å². The molecule has 0 radical (unpaired) electrons. The minimum Gasteiger partial charge on any atom is -0.508 e. The molecule has 0 bridgehead atoms. The highest BCUT2D eigenvalue weighted by Crippen LogP contribution is 2.19. The first kappa shape index (κ1) is 15.1. The number of rotatable bonds is 5. The first-order chi connectivity index (χ1) is 10.1. The summed E-state index contributed by atoms with van der Waals surface area (Å²) in [5.41, 5.74) is 3.05. The van der Waals surface area contributed by atoms with E-state index in [0.717, 1.165) is 17.5 Å². The van der Waals surface area contributed by atoms with Gasteiger partial charge in [-0.3, -0.25) is 4.79 Å². The Labute approximate surface area is 124 Å². The molecule has 4 heteroatoms. The number of hydrogen-bond acceptors (Lipinski definition) is 3. The number of phenols is 1. The molecule has 0 aliphatic rings. The lowest BCUT2D eigenvalue weighted by molar-refractivity contribution is 0.0953. The molecule has 0 atom stereocenters. The van der Waals surface area contributed by atoms with Gasteiger partial charge in [0.25, 0.3) is 5.91 Å². The van der Waals surface area contributed by atoms with Crippen molar-refractivity contribution in [2.24, 2.45) is 0 Å². The molecule has 0 aliphatic carbocycles. The van der Waals surface area contributed by atoms with Crippen molar-refractivity contribution in [1.82, 2.24) is 5.32 Å². The van der Waals surface area contributed by atoms with Crippen LogP contribution >= 0.6 is 0 Å². The summed E-state index contributed by atoms with van der Waals surface area (Å²) in [5.74, 6) is -0.0578. The molecule has 0 saturated carbocycles. The predicted octanol–water partition coefficient (Wildman–Crippen LogP) is 2.17. The summed E-state index contributed by atoms with van der Waals surface area (Å²) in [6, 6.07) is 12.5. The van der Waals surface area contributed by atoms with Crippen molar-refractivity contribution in [1.29, 1.82) is 0 Å². The summed E-state index contributed by atoms with van der Waals surface area (Å²) in [6.45, 7) is 2.28. The molecule has 4 nitrogen and oxygen atoms in total. The van der Waals surface area contributed by atoms with Crippen molar-refractivity contribution in [3.8, 4) is 5.75 Å². The smallest absolute Gasteiger partial charge is 0.251 e. The number of phenolic OH excluding ortho intramolecular Hbond substituents is 1. The van der Waals surface area contributed by atoms with Gasteiger partial charge in [0.1, 0.15) is 5.75 Å². The van der Waals surface area contributed by atoms with Crippen LogP contribution in [0.15, 0.2) is 42.5 Å². The number of benzene rings is 2. The third-order valence-electron chi connectivity index (χ3n) is 3.45. The average molecular weight is 285 g/mol. The van der Waals surface area contributed by atoms with Crippen LogP contribution in [-0.4, -0.2) is 22.7 Å². The Kier molecular flexibility index (Phi) is 4.95. The van der Waals surface area contributed by atoms with Crippen molar-refractivity contribution in [2.75, 3.05) is 6.54 Å². The zero-order valence-corrected chi connectivity index (χ0v) is 12.0. The summed E-state index contributed by atoms with van der Waals surface area (Å²) >= 11 is 0. The van der Waals surface area contributed by atoms with Gasteiger partial charge in [0.2, 0.25) is 0 Å². The number of carbonyl (C=O) groups is 1. The van der Waals surface area contributed by atoms with Gasteiger partial charge in [-0.15, -0.1) is 0 Å². The number of aliphatic hydroxyl groups excluding tert-OH is 1. The van der Waals surface area contributed by atoms with E-state index in [2.05, 4.69) is 5.32 Å². The van der Waals surface area contributed by atoms with Crippen molar-refractivity contribution in [3.63, 3.8) is 0 Å². The fourth-order valence-electron chi connectivity index (χ4n) is 2.10. The largest absolute Gasteiger partial charge is 0.508 e. The first-order valence-electron chi connectivity index (χ1n) is 6.87. The SMILES string of the molecule is Cc1c(O)cccc1C(=O)NCCc1ccc(CO)cc1. The molecule has 0 aromatic heterocycles. The number of amides is 1. The number of nitrogens with one attached hydrogen (secondary N) is 1. The van der Waals surface area contributed by atoms with Crippen molar-refractivity contribution in [3.05, 3.63) is 64.7 Å². The molecule has 0 unspecified atom stereocenters. The van der Waals surface area contributed by atoms with Crippen LogP contribution in [0.1, 0.15) is 27.0 Å². The molecular weight excluding hydrogens is 266 g/mol. The highest BCUT2D eigenvalue weighted by Gasteiger charge is 2.10. The van der Waals surface area contributed by atoms with Gasteiger partial charge in [-0.05, 0) is 36.6 Å². The minimum atomic E-state index is -0.185. The number of aliphatic hydroxyl groups is 1. The Bertz CT molecular complexity index is 620. The second kappa shape index (κ2) is 6.90. The van der Waals surface area contributed by atoms with Crippen molar-refractivity contribution < 1.29 is 15.0 Å². The summed E-state index contributed by atoms with van der Waals surface area (Å²) in [5, 5.41) is 21.4. The molecule has 0 spiro atoms. The average Bonchev–Trinajstić information content (AvgIpc) is 2.50. The number of hydrogen-bond donors (Lipinski definition) is 3. The maximum atomic E-state index is 12.1. The molecule has 0 aliphatic heterocycles. The van der Waals surface area contributed by atoms with E-state index in [1.807, 2.05) is 24.3 Å². The molecule has 110 valence electrons. The molecule has 2 aromatic carbocycles. The molecule has 0 saturated heterocycles. The maximum Gasteiger partial charge on any atom is 0.251 e. The van der Waals surface area contributed by atoms with Crippen molar-refractivity contribution >= 4 is 5.91 Å². The van der Waals surface area contributed by atoms with Crippen LogP contribution in [0.3, 0.4) is 0 Å². The molecule has 1 amide bonds. The second-order valence-electron chi connectivity index (χ2n) is 4.93. The van der Waals surface area contributed by atoms with Crippen LogP contribution < -0.4 is 5.32 Å². The fourth-order valence-corrected chi connectivity index (χ4v) is 2.10. The lowest BCUT2D eigenvalue weighted by Gasteiger charge is -2.09. The van der Waals surface area contributed by atoms with E-state index in [1.165, 1.54) is 0 Å². The Balaban J connectivity index is 1.90. The van der Waals surface area contributed by atoms with E-state index in [-0.39, 0.29) is 18.3 Å². The summed E-state index contributed by atoms with van der Waals surface area (Å²) < 4.78 is 0. The Hall–Kier alpha value is -2.33. The van der Waals surface area contributed by atoms with Crippen LogP contribution in [0.5, 0.6) is 5.75 Å². The molecule has 0 heterocycles. The van der Waals surface area contributed by atoms with Gasteiger partial charge in [0.15, 0.2) is 0 Å². The number of carbonyl (C=O) groups excluding carboxylic acids is 1. The van der Waals surface area contributed by atoms with Crippen LogP contribution in [-0.2, 0) is 13.0 Å². The van der Waals surface area contributed by atoms with Gasteiger partial charge in [-0.25, -0.2) is 0 Å². The molecular formula is C17H19NO3. The first-order valence-corrected chi connectivity index (χ1v) is 6.87. The number of aromatic hydroxyl groups is 1. The van der Waals surface area contributed by atoms with Gasteiger partial charge in [-0.1, -0.05) is 30.3 Å². The second-order valence-corrected chi connectivity index (χ2v) is 4.93. The van der Waals surface area contributed by atoms with E-state index in [4.69, 9.17) is 5.11 Å². The van der Waals surface area contributed by atoms with Crippen LogP contribution in [0, 0.1) is 6.92 Å². The quantitative estimate of drug-likeness (QED) is 0.788. The summed E-state index contributed by atoms with van der Waals surface area (Å²) in [4.78, 5) is 12.1. The van der Waals surface area contributed by atoms with Crippen LogP contribution in [0.25, 0.3) is 0 Å². The zero-order chi connectivity index (χ0) is 15.2. The lowest BCUT2D eigenvalue weighted by atomic mass is 10.1. The molecule has 2 rings (SSSR count). The normalized spacial score (nSPS) is 10.4. The Morgan fingerprint density at radius 1 is 1.10 bits per heavy atom. The Morgan fingerprint density at radius 2 is 1.76 bits per heavy atom. The van der Waals surface area contributed by atoms with Crippen LogP contribution in [0.2, 0.25) is 0 Å². The standard InChI is InChI=1S/C17H19NO3/c1-12-15(3-2-4-16(12)20)17(21)18-10-9-13-5-7-14(11-19)8-6-13/h2-8,19-20H,9-11H2,1H3,(H,18,21). The van der Waals surface area contributed by atoms with E-state index < -0.39 is 0 Å². The third kappa shape index (κ3) is 3.83. The Morgan fingerprint density at radius 3 is 2.43 bits per heavy atom. The van der Waals surface area contributed by atoms with E-state index >= 15 is 0 Å².